The fraction of sp³-hybridized carbons (Fsp3) is 0.562. The highest BCUT2D eigenvalue weighted by Crippen LogP contribution is 2.27. The van der Waals surface area contributed by atoms with Crippen molar-refractivity contribution in [1.82, 2.24) is 4.90 Å². The number of halogens is 1. The predicted octanol–water partition coefficient (Wildman–Crippen LogP) is 2.29. The lowest BCUT2D eigenvalue weighted by atomic mass is 9.98. The van der Waals surface area contributed by atoms with Crippen LogP contribution in [0.5, 0.6) is 5.75 Å². The van der Waals surface area contributed by atoms with Crippen molar-refractivity contribution in [2.45, 2.75) is 38.5 Å². The molecule has 1 unspecified atom stereocenters. The van der Waals surface area contributed by atoms with Gasteiger partial charge in [-0.2, -0.15) is 0 Å². The van der Waals surface area contributed by atoms with Gasteiger partial charge in [-0.05, 0) is 32.0 Å². The zero-order valence-corrected chi connectivity index (χ0v) is 13.1. The Morgan fingerprint density at radius 2 is 2.27 bits per heavy atom. The molecule has 1 saturated heterocycles. The number of carboxylic acid groups (broad SMARTS) is 1. The largest absolute Gasteiger partial charge is 0.497 e. The summed E-state index contributed by atoms with van der Waals surface area (Å²) >= 11 is 0. The van der Waals surface area contributed by atoms with Crippen LogP contribution in [-0.4, -0.2) is 47.9 Å². The highest BCUT2D eigenvalue weighted by Gasteiger charge is 2.36. The summed E-state index contributed by atoms with van der Waals surface area (Å²) < 4.78 is 24.8. The standard InChI is InChI=1S/C16H22FNO4/c1-16(2)10-22-13(7-15(19)20)9-18(16)8-11-6-12(21-3)4-5-14(11)17/h4-6,13H,7-10H2,1-3H3,(H,19,20). The van der Waals surface area contributed by atoms with Gasteiger partial charge in [0, 0.05) is 24.2 Å². The average molecular weight is 311 g/mol. The van der Waals surface area contributed by atoms with Crippen molar-refractivity contribution in [3.8, 4) is 5.75 Å². The molecule has 1 atom stereocenters. The number of methoxy groups -OCH3 is 1. The fourth-order valence-electron chi connectivity index (χ4n) is 2.56. The van der Waals surface area contributed by atoms with E-state index in [-0.39, 0.29) is 23.9 Å². The number of hydrogen-bond acceptors (Lipinski definition) is 4. The van der Waals surface area contributed by atoms with Gasteiger partial charge in [0.2, 0.25) is 0 Å². The summed E-state index contributed by atoms with van der Waals surface area (Å²) in [6.45, 7) is 5.26. The van der Waals surface area contributed by atoms with Crippen molar-refractivity contribution in [3.63, 3.8) is 0 Å². The number of nitrogens with zero attached hydrogens (tertiary/aromatic N) is 1. The lowest BCUT2D eigenvalue weighted by Crippen LogP contribution is -2.55. The quantitative estimate of drug-likeness (QED) is 0.904. The fourth-order valence-corrected chi connectivity index (χ4v) is 2.56. The Kier molecular flexibility index (Phi) is 5.03. The number of aliphatic carboxylic acids is 1. The van der Waals surface area contributed by atoms with E-state index in [0.29, 0.717) is 31.0 Å². The molecule has 0 saturated carbocycles. The van der Waals surface area contributed by atoms with Crippen LogP contribution in [0.4, 0.5) is 4.39 Å². The summed E-state index contributed by atoms with van der Waals surface area (Å²) in [4.78, 5) is 12.9. The first-order chi connectivity index (χ1) is 10.3. The maximum Gasteiger partial charge on any atom is 0.306 e. The van der Waals surface area contributed by atoms with Gasteiger partial charge in [0.25, 0.3) is 0 Å². The number of morpholine rings is 1. The Morgan fingerprint density at radius 3 is 2.91 bits per heavy atom. The number of benzene rings is 1. The molecule has 5 nitrogen and oxygen atoms in total. The van der Waals surface area contributed by atoms with Gasteiger partial charge in [0.05, 0.1) is 26.2 Å². The van der Waals surface area contributed by atoms with Gasteiger partial charge in [-0.25, -0.2) is 4.39 Å². The monoisotopic (exact) mass is 311 g/mol. The molecule has 1 N–H and O–H groups in total. The summed E-state index contributed by atoms with van der Waals surface area (Å²) in [5, 5.41) is 8.91. The van der Waals surface area contributed by atoms with Crippen LogP contribution >= 0.6 is 0 Å². The number of carbonyl (C=O) groups is 1. The van der Waals surface area contributed by atoms with E-state index in [0.717, 1.165) is 0 Å². The predicted molar refractivity (Wildman–Crippen MR) is 79.4 cm³/mol. The van der Waals surface area contributed by atoms with Crippen LogP contribution in [0.25, 0.3) is 0 Å². The van der Waals surface area contributed by atoms with E-state index in [4.69, 9.17) is 14.6 Å². The second kappa shape index (κ2) is 6.62. The van der Waals surface area contributed by atoms with Crippen LogP contribution in [0.1, 0.15) is 25.8 Å². The average Bonchev–Trinajstić information content (AvgIpc) is 2.44. The van der Waals surface area contributed by atoms with Crippen LogP contribution < -0.4 is 4.74 Å². The van der Waals surface area contributed by atoms with Crippen LogP contribution in [0, 0.1) is 5.82 Å². The molecule has 0 radical (unpaired) electrons. The summed E-state index contributed by atoms with van der Waals surface area (Å²) in [6.07, 6.45) is -0.424. The molecule has 0 spiro atoms. The molecule has 6 heteroatoms. The van der Waals surface area contributed by atoms with Gasteiger partial charge in [-0.15, -0.1) is 0 Å². The highest BCUT2D eigenvalue weighted by molar-refractivity contribution is 5.67. The second-order valence-corrected chi connectivity index (χ2v) is 6.18. The molecule has 122 valence electrons. The van der Waals surface area contributed by atoms with Gasteiger partial charge in [-0.1, -0.05) is 0 Å². The minimum atomic E-state index is -0.891. The highest BCUT2D eigenvalue weighted by atomic mass is 19.1. The Morgan fingerprint density at radius 1 is 1.55 bits per heavy atom. The first-order valence-corrected chi connectivity index (χ1v) is 7.22. The Labute approximate surface area is 129 Å². The molecule has 1 fully saturated rings. The topological polar surface area (TPSA) is 59.0 Å². The van der Waals surface area contributed by atoms with E-state index in [2.05, 4.69) is 4.90 Å². The molecule has 1 aromatic rings. The smallest absolute Gasteiger partial charge is 0.306 e. The van der Waals surface area contributed by atoms with E-state index < -0.39 is 5.97 Å². The molecule has 1 aliphatic rings. The molecular formula is C16H22FNO4. The molecule has 0 aromatic heterocycles. The van der Waals surface area contributed by atoms with Crippen molar-refractivity contribution in [2.75, 3.05) is 20.3 Å². The van der Waals surface area contributed by atoms with E-state index in [1.165, 1.54) is 6.07 Å². The van der Waals surface area contributed by atoms with Crippen LogP contribution in [-0.2, 0) is 16.1 Å². The second-order valence-electron chi connectivity index (χ2n) is 6.18. The summed E-state index contributed by atoms with van der Waals surface area (Å²) in [5.74, 6) is -0.584. The van der Waals surface area contributed by atoms with Crippen molar-refractivity contribution in [1.29, 1.82) is 0 Å². The summed E-state index contributed by atoms with van der Waals surface area (Å²) in [5.41, 5.74) is 0.244. The summed E-state index contributed by atoms with van der Waals surface area (Å²) in [7, 11) is 1.54. The number of carboxylic acids is 1. The third-order valence-electron chi connectivity index (χ3n) is 3.97. The molecule has 0 aliphatic carbocycles. The molecule has 1 heterocycles. The number of ether oxygens (including phenoxy) is 2. The minimum Gasteiger partial charge on any atom is -0.497 e. The van der Waals surface area contributed by atoms with Crippen LogP contribution in [0.2, 0.25) is 0 Å². The zero-order chi connectivity index (χ0) is 16.3. The zero-order valence-electron chi connectivity index (χ0n) is 13.1. The van der Waals surface area contributed by atoms with Crippen LogP contribution in [0.15, 0.2) is 18.2 Å². The Hall–Kier alpha value is -1.66. The van der Waals surface area contributed by atoms with E-state index in [9.17, 15) is 9.18 Å². The lowest BCUT2D eigenvalue weighted by Gasteiger charge is -2.45. The maximum atomic E-state index is 14.0. The molecule has 0 bridgehead atoms. The van der Waals surface area contributed by atoms with Crippen molar-refractivity contribution < 1.29 is 23.8 Å². The van der Waals surface area contributed by atoms with Crippen molar-refractivity contribution >= 4 is 5.97 Å². The molecule has 0 amide bonds. The molecule has 2 rings (SSSR count). The Bertz CT molecular complexity index is 547. The van der Waals surface area contributed by atoms with E-state index in [1.807, 2.05) is 13.8 Å². The van der Waals surface area contributed by atoms with Gasteiger partial charge in [0.1, 0.15) is 11.6 Å². The van der Waals surface area contributed by atoms with Crippen molar-refractivity contribution in [3.05, 3.63) is 29.6 Å². The molecule has 22 heavy (non-hydrogen) atoms. The number of rotatable bonds is 5. The van der Waals surface area contributed by atoms with E-state index in [1.54, 1.807) is 19.2 Å². The van der Waals surface area contributed by atoms with Gasteiger partial charge < -0.3 is 14.6 Å². The normalized spacial score (nSPS) is 21.5. The summed E-state index contributed by atoms with van der Waals surface area (Å²) in [6, 6.07) is 4.64. The molecule has 1 aliphatic heterocycles. The third kappa shape index (κ3) is 3.96. The first-order valence-electron chi connectivity index (χ1n) is 7.22. The van der Waals surface area contributed by atoms with Gasteiger partial charge in [0.15, 0.2) is 0 Å². The minimum absolute atomic E-state index is 0.0484. The number of hydrogen-bond donors (Lipinski definition) is 1. The first kappa shape index (κ1) is 16.7. The SMILES string of the molecule is COc1ccc(F)c(CN2CC(CC(=O)O)OCC2(C)C)c1. The maximum absolute atomic E-state index is 14.0. The van der Waals surface area contributed by atoms with Gasteiger partial charge >= 0.3 is 5.97 Å². The third-order valence-corrected chi connectivity index (χ3v) is 3.97. The van der Waals surface area contributed by atoms with Crippen molar-refractivity contribution in [2.24, 2.45) is 0 Å². The van der Waals surface area contributed by atoms with E-state index >= 15 is 0 Å². The molecule has 1 aromatic carbocycles. The van der Waals surface area contributed by atoms with Crippen LogP contribution in [0.3, 0.4) is 0 Å². The van der Waals surface area contributed by atoms with Gasteiger partial charge in [-0.3, -0.25) is 9.69 Å². The molecular weight excluding hydrogens is 289 g/mol. The lowest BCUT2D eigenvalue weighted by molar-refractivity contribution is -0.147. The Balaban J connectivity index is 2.15.